The Morgan fingerprint density at radius 2 is 0.960 bits per heavy atom. The van der Waals surface area contributed by atoms with Crippen molar-refractivity contribution < 1.29 is 4.55 Å². The predicted molar refractivity (Wildman–Crippen MR) is 120 cm³/mol. The highest BCUT2D eigenvalue weighted by Gasteiger charge is 2.09. The molecule has 0 atom stereocenters. The van der Waals surface area contributed by atoms with E-state index in [1.54, 1.807) is 0 Å². The van der Waals surface area contributed by atoms with Crippen molar-refractivity contribution in [2.45, 2.75) is 117 Å². The minimum Gasteiger partial charge on any atom is -0.356 e. The van der Waals surface area contributed by atoms with Gasteiger partial charge in [-0.2, -0.15) is 0 Å². The lowest BCUT2D eigenvalue weighted by Gasteiger charge is -2.23. The molecule has 0 rings (SSSR count). The Hall–Kier alpha value is 0.200. The van der Waals surface area contributed by atoms with Gasteiger partial charge in [0.1, 0.15) is 0 Å². The van der Waals surface area contributed by atoms with Gasteiger partial charge in [0, 0.05) is 13.1 Å². The van der Waals surface area contributed by atoms with Crippen LogP contribution in [0.4, 0.5) is 0 Å². The number of unbranched alkanes of at least 4 members (excludes halogenated alkanes) is 14. The molecule has 2 nitrogen and oxygen atoms in total. The summed E-state index contributed by atoms with van der Waals surface area (Å²) in [5.74, 6) is 0. The van der Waals surface area contributed by atoms with Crippen LogP contribution in [0.2, 0.25) is 0 Å². The monoisotopic (exact) mass is 389 g/mol. The summed E-state index contributed by atoms with van der Waals surface area (Å²) in [5, 5.41) is 0. The lowest BCUT2D eigenvalue weighted by molar-refractivity contribution is 0.393. The molecule has 150 valence electrons. The van der Waals surface area contributed by atoms with Gasteiger partial charge in [-0.15, -0.1) is 0 Å². The van der Waals surface area contributed by atoms with E-state index in [4.69, 9.17) is 12.2 Å². The zero-order valence-electron chi connectivity index (χ0n) is 16.9. The van der Waals surface area contributed by atoms with E-state index >= 15 is 0 Å². The Morgan fingerprint density at radius 3 is 1.28 bits per heavy atom. The maximum atomic E-state index is 9.29. The normalized spacial score (nSPS) is 11.0. The molecule has 4 heteroatoms. The van der Waals surface area contributed by atoms with Crippen LogP contribution in [0, 0.1) is 0 Å². The van der Waals surface area contributed by atoms with Gasteiger partial charge in [0.25, 0.3) is 0 Å². The topological polar surface area (TPSA) is 23.5 Å². The fourth-order valence-electron chi connectivity index (χ4n) is 3.23. The first-order valence-electron chi connectivity index (χ1n) is 10.9. The van der Waals surface area contributed by atoms with Crippen molar-refractivity contribution >= 4 is 28.6 Å². The van der Waals surface area contributed by atoms with Gasteiger partial charge < -0.3 is 9.45 Å². The molecule has 0 radical (unpaired) electrons. The summed E-state index contributed by atoms with van der Waals surface area (Å²) >= 11 is 6.06. The van der Waals surface area contributed by atoms with Gasteiger partial charge in [0.15, 0.2) is 4.32 Å². The molecule has 0 spiro atoms. The molecular weight excluding hydrogens is 346 g/mol. The fourth-order valence-corrected chi connectivity index (χ4v) is 3.71. The molecule has 0 aliphatic rings. The molecule has 0 unspecified atom stereocenters. The number of hydrogen-bond donors (Lipinski definition) is 1. The van der Waals surface area contributed by atoms with E-state index in [9.17, 15) is 4.55 Å². The molecule has 0 heterocycles. The first kappa shape index (κ1) is 25.2. The van der Waals surface area contributed by atoms with Crippen LogP contribution in [-0.2, 0) is 0 Å². The first-order valence-corrected chi connectivity index (χ1v) is 12.0. The minimum absolute atomic E-state index is 0.658. The van der Waals surface area contributed by atoms with Crippen LogP contribution in [0.25, 0.3) is 0 Å². The Balaban J connectivity index is 3.64. The second kappa shape index (κ2) is 20.5. The van der Waals surface area contributed by atoms with E-state index in [2.05, 4.69) is 18.7 Å². The summed E-state index contributed by atoms with van der Waals surface area (Å²) in [6.07, 6.45) is 21.4. The van der Waals surface area contributed by atoms with E-state index < -0.39 is 0 Å². The van der Waals surface area contributed by atoms with Gasteiger partial charge in [-0.25, -0.2) is 0 Å². The van der Waals surface area contributed by atoms with Crippen molar-refractivity contribution in [3.8, 4) is 0 Å². The molecule has 0 aromatic carbocycles. The smallest absolute Gasteiger partial charge is 0.163 e. The van der Waals surface area contributed by atoms with Crippen molar-refractivity contribution in [2.75, 3.05) is 13.1 Å². The third-order valence-electron chi connectivity index (χ3n) is 4.90. The summed E-state index contributed by atoms with van der Waals surface area (Å²) in [7, 11) is 0. The van der Waals surface area contributed by atoms with E-state index in [1.807, 2.05) is 0 Å². The molecule has 1 N–H and O–H groups in total. The molecule has 0 fully saturated rings. The second-order valence-corrected chi connectivity index (χ2v) is 8.51. The Morgan fingerprint density at radius 1 is 0.640 bits per heavy atom. The average Bonchev–Trinajstić information content (AvgIpc) is 2.63. The minimum atomic E-state index is 0.658. The van der Waals surface area contributed by atoms with Crippen molar-refractivity contribution in [1.82, 2.24) is 4.90 Å². The van der Waals surface area contributed by atoms with Gasteiger partial charge in [-0.05, 0) is 12.8 Å². The predicted octanol–water partition coefficient (Wildman–Crippen LogP) is 8.06. The number of nitrogens with zero attached hydrogens (tertiary/aromatic N) is 1. The summed E-state index contributed by atoms with van der Waals surface area (Å²) in [6, 6.07) is 0. The van der Waals surface area contributed by atoms with Crippen LogP contribution < -0.4 is 0 Å². The third kappa shape index (κ3) is 17.4. The summed E-state index contributed by atoms with van der Waals surface area (Å²) < 4.78 is 9.94. The van der Waals surface area contributed by atoms with Crippen LogP contribution in [0.3, 0.4) is 0 Å². The van der Waals surface area contributed by atoms with E-state index in [0.29, 0.717) is 4.32 Å². The van der Waals surface area contributed by atoms with Gasteiger partial charge in [0.2, 0.25) is 0 Å². The fraction of sp³-hybridized carbons (Fsp3) is 0.952. The highest BCUT2D eigenvalue weighted by Crippen LogP contribution is 2.13. The maximum Gasteiger partial charge on any atom is 0.163 e. The highest BCUT2D eigenvalue weighted by molar-refractivity contribution is 8.19. The van der Waals surface area contributed by atoms with Crippen molar-refractivity contribution in [3.05, 3.63) is 0 Å². The largest absolute Gasteiger partial charge is 0.356 e. The molecule has 0 saturated heterocycles. The van der Waals surface area contributed by atoms with Crippen LogP contribution in [-0.4, -0.2) is 26.9 Å². The van der Waals surface area contributed by atoms with Gasteiger partial charge in [-0.3, -0.25) is 0 Å². The number of thiocarbonyl (C=S) groups is 1. The Labute approximate surface area is 167 Å². The van der Waals surface area contributed by atoms with Crippen LogP contribution in [0.15, 0.2) is 0 Å². The summed E-state index contributed by atoms with van der Waals surface area (Å²) in [4.78, 5) is 2.22. The SMILES string of the molecule is CCCCCCCCCCN(CCCCCCCCCC)C(=S)SO. The highest BCUT2D eigenvalue weighted by atomic mass is 32.2. The van der Waals surface area contributed by atoms with Crippen molar-refractivity contribution in [1.29, 1.82) is 0 Å². The molecular formula is C21H43NOS2. The molecule has 0 saturated carbocycles. The lowest BCUT2D eigenvalue weighted by Crippen LogP contribution is -2.29. The third-order valence-corrected chi connectivity index (χ3v) is 5.80. The maximum absolute atomic E-state index is 9.29. The van der Waals surface area contributed by atoms with Crippen molar-refractivity contribution in [3.63, 3.8) is 0 Å². The molecule has 0 bridgehead atoms. The molecule has 0 aromatic heterocycles. The zero-order chi connectivity index (χ0) is 18.6. The van der Waals surface area contributed by atoms with Crippen molar-refractivity contribution in [2.24, 2.45) is 0 Å². The summed E-state index contributed by atoms with van der Waals surface area (Å²) in [5.41, 5.74) is 0. The lowest BCUT2D eigenvalue weighted by atomic mass is 10.1. The van der Waals surface area contributed by atoms with Crippen LogP contribution >= 0.6 is 24.3 Å². The molecule has 0 aliphatic heterocycles. The van der Waals surface area contributed by atoms with Gasteiger partial charge in [-0.1, -0.05) is 116 Å². The zero-order valence-corrected chi connectivity index (χ0v) is 18.6. The molecule has 0 amide bonds. The standard InChI is InChI=1S/C21H43NOS2/c1-3-5-7-9-11-13-15-17-19-22(21(24)25-23)20-18-16-14-12-10-8-6-4-2/h23H,3-20H2,1-2H3. The Kier molecular flexibility index (Phi) is 20.7. The Bertz CT molecular complexity index is 267. The van der Waals surface area contributed by atoms with Crippen LogP contribution in [0.5, 0.6) is 0 Å². The molecule has 0 aromatic rings. The summed E-state index contributed by atoms with van der Waals surface area (Å²) in [6.45, 7) is 6.56. The van der Waals surface area contributed by atoms with E-state index in [-0.39, 0.29) is 0 Å². The number of rotatable bonds is 18. The average molecular weight is 390 g/mol. The van der Waals surface area contributed by atoms with Crippen LogP contribution in [0.1, 0.15) is 117 Å². The molecule has 0 aliphatic carbocycles. The van der Waals surface area contributed by atoms with E-state index in [0.717, 1.165) is 25.1 Å². The van der Waals surface area contributed by atoms with E-state index in [1.165, 1.54) is 103 Å². The quantitative estimate of drug-likeness (QED) is 0.145. The van der Waals surface area contributed by atoms with Gasteiger partial charge >= 0.3 is 0 Å². The first-order chi connectivity index (χ1) is 12.3. The van der Waals surface area contributed by atoms with Gasteiger partial charge in [0.05, 0.1) is 12.0 Å². The second-order valence-electron chi connectivity index (χ2n) is 7.29. The number of hydrogen-bond acceptors (Lipinski definition) is 3. The molecule has 25 heavy (non-hydrogen) atoms.